The minimum Gasteiger partial charge on any atom is -0.510 e. The third kappa shape index (κ3) is 4.58. The molecule has 2 atom stereocenters. The van der Waals surface area contributed by atoms with E-state index in [-0.39, 0.29) is 0 Å². The Bertz CT molecular complexity index is 530. The Morgan fingerprint density at radius 1 is 1.41 bits per heavy atom. The summed E-state index contributed by atoms with van der Waals surface area (Å²) < 4.78 is 2.90. The number of carbonyl (C=O) groups is 3. The SMILES string of the molecule is CC(=O)NC1C(=O)N(C(C(=O)OCC(Cl)(Cl)Cl)=C(C)O)C1S. The quantitative estimate of drug-likeness (QED) is 0.168. The van der Waals surface area contributed by atoms with Crippen LogP contribution in [0.1, 0.15) is 13.8 Å². The van der Waals surface area contributed by atoms with Gasteiger partial charge in [-0.25, -0.2) is 4.79 Å². The van der Waals surface area contributed by atoms with Gasteiger partial charge in [0.05, 0.1) is 0 Å². The lowest BCUT2D eigenvalue weighted by atomic mass is 10.1. The molecule has 2 N–H and O–H groups in total. The summed E-state index contributed by atoms with van der Waals surface area (Å²) in [6.07, 6.45) is 0. The number of rotatable bonds is 4. The maximum absolute atomic E-state index is 12.0. The molecule has 1 fully saturated rings. The van der Waals surface area contributed by atoms with Gasteiger partial charge in [-0.3, -0.25) is 14.5 Å². The van der Waals surface area contributed by atoms with Crippen molar-refractivity contribution in [3.8, 4) is 0 Å². The molecule has 1 aliphatic heterocycles. The number of halogens is 3. The lowest BCUT2D eigenvalue weighted by Gasteiger charge is -2.44. The van der Waals surface area contributed by atoms with E-state index in [0.717, 1.165) is 4.90 Å². The molecule has 1 saturated heterocycles. The van der Waals surface area contributed by atoms with Crippen LogP contribution in [0.25, 0.3) is 0 Å². The number of nitrogens with zero attached hydrogens (tertiary/aromatic N) is 1. The van der Waals surface area contributed by atoms with E-state index in [1.807, 2.05) is 0 Å². The molecule has 0 aromatic rings. The summed E-state index contributed by atoms with van der Waals surface area (Å²) in [6, 6.07) is -0.906. The van der Waals surface area contributed by atoms with Crippen molar-refractivity contribution >= 4 is 65.2 Å². The summed E-state index contributed by atoms with van der Waals surface area (Å²) in [7, 11) is 0. The molecule has 0 radical (unpaired) electrons. The van der Waals surface area contributed by atoms with Gasteiger partial charge in [0.1, 0.15) is 23.8 Å². The Kier molecular flexibility index (Phi) is 6.26. The second kappa shape index (κ2) is 7.16. The van der Waals surface area contributed by atoms with Crippen molar-refractivity contribution in [2.75, 3.05) is 6.61 Å². The highest BCUT2D eigenvalue weighted by Crippen LogP contribution is 2.31. The average Bonchev–Trinajstić information content (AvgIpc) is 2.37. The number of hydrogen-bond acceptors (Lipinski definition) is 6. The maximum Gasteiger partial charge on any atom is 0.358 e. The van der Waals surface area contributed by atoms with Gasteiger partial charge in [-0.2, -0.15) is 12.6 Å². The first kappa shape index (κ1) is 19.2. The molecule has 0 aromatic heterocycles. The van der Waals surface area contributed by atoms with Crippen LogP contribution in [0.15, 0.2) is 11.5 Å². The first-order valence-corrected chi connectivity index (χ1v) is 7.52. The molecule has 22 heavy (non-hydrogen) atoms. The van der Waals surface area contributed by atoms with E-state index < -0.39 is 51.1 Å². The first-order chi connectivity index (χ1) is 9.95. The van der Waals surface area contributed by atoms with E-state index >= 15 is 0 Å². The molecular weight excluding hydrogens is 379 g/mol. The van der Waals surface area contributed by atoms with Crippen molar-refractivity contribution in [3.63, 3.8) is 0 Å². The summed E-state index contributed by atoms with van der Waals surface area (Å²) in [5, 5.41) is 11.1. The van der Waals surface area contributed by atoms with Crippen LogP contribution in [0.2, 0.25) is 0 Å². The van der Waals surface area contributed by atoms with Gasteiger partial charge < -0.3 is 15.2 Å². The highest BCUT2D eigenvalue weighted by molar-refractivity contribution is 7.81. The maximum atomic E-state index is 12.0. The molecule has 124 valence electrons. The Morgan fingerprint density at radius 2 is 1.95 bits per heavy atom. The summed E-state index contributed by atoms with van der Waals surface area (Å²) in [5.74, 6) is -2.57. The van der Waals surface area contributed by atoms with Gasteiger partial charge in [-0.1, -0.05) is 34.8 Å². The highest BCUT2D eigenvalue weighted by atomic mass is 35.6. The summed E-state index contributed by atoms with van der Waals surface area (Å²) in [5.41, 5.74) is -0.430. The fourth-order valence-electron chi connectivity index (χ4n) is 1.71. The van der Waals surface area contributed by atoms with Crippen molar-refractivity contribution in [1.29, 1.82) is 0 Å². The number of carbonyl (C=O) groups excluding carboxylic acids is 3. The fraction of sp³-hybridized carbons (Fsp3) is 0.545. The largest absolute Gasteiger partial charge is 0.510 e. The average molecular weight is 392 g/mol. The van der Waals surface area contributed by atoms with Crippen LogP contribution in [0, 0.1) is 0 Å². The van der Waals surface area contributed by atoms with E-state index in [2.05, 4.69) is 17.9 Å². The zero-order valence-electron chi connectivity index (χ0n) is 11.5. The molecule has 1 aliphatic rings. The van der Waals surface area contributed by atoms with E-state index in [4.69, 9.17) is 39.5 Å². The van der Waals surface area contributed by atoms with Crippen molar-refractivity contribution < 1.29 is 24.2 Å². The third-order valence-electron chi connectivity index (χ3n) is 2.57. The molecule has 2 unspecified atom stereocenters. The van der Waals surface area contributed by atoms with Crippen LogP contribution in [-0.4, -0.2) is 49.6 Å². The van der Waals surface area contributed by atoms with Crippen molar-refractivity contribution in [2.24, 2.45) is 0 Å². The van der Waals surface area contributed by atoms with Gasteiger partial charge in [0.25, 0.3) is 5.91 Å². The van der Waals surface area contributed by atoms with Crippen molar-refractivity contribution in [3.05, 3.63) is 11.5 Å². The van der Waals surface area contributed by atoms with Gasteiger partial charge in [-0.15, -0.1) is 0 Å². The molecule has 0 aromatic carbocycles. The predicted molar refractivity (Wildman–Crippen MR) is 83.8 cm³/mol. The topological polar surface area (TPSA) is 95.9 Å². The van der Waals surface area contributed by atoms with Crippen LogP contribution < -0.4 is 5.32 Å². The molecule has 0 spiro atoms. The Morgan fingerprint density at radius 3 is 2.32 bits per heavy atom. The molecule has 1 rings (SSSR count). The predicted octanol–water partition coefficient (Wildman–Crippen LogP) is 1.29. The first-order valence-electron chi connectivity index (χ1n) is 5.87. The van der Waals surface area contributed by atoms with Crippen LogP contribution in [0.5, 0.6) is 0 Å². The number of likely N-dealkylation sites (tertiary alicyclic amines) is 1. The summed E-state index contributed by atoms with van der Waals surface area (Å²) >= 11 is 20.5. The van der Waals surface area contributed by atoms with Crippen LogP contribution in [0.3, 0.4) is 0 Å². The molecule has 0 aliphatic carbocycles. The number of nitrogens with one attached hydrogen (secondary N) is 1. The van der Waals surface area contributed by atoms with Gasteiger partial charge in [0, 0.05) is 6.92 Å². The summed E-state index contributed by atoms with van der Waals surface area (Å²) in [6.45, 7) is 1.85. The van der Waals surface area contributed by atoms with E-state index in [9.17, 15) is 19.5 Å². The van der Waals surface area contributed by atoms with Crippen molar-refractivity contribution in [1.82, 2.24) is 10.2 Å². The summed E-state index contributed by atoms with van der Waals surface area (Å²) in [4.78, 5) is 35.8. The minimum atomic E-state index is -1.83. The number of allylic oxidation sites excluding steroid dienone is 1. The molecular formula is C11H13Cl3N2O5S. The lowest BCUT2D eigenvalue weighted by Crippen LogP contribution is -2.68. The molecule has 0 bridgehead atoms. The van der Waals surface area contributed by atoms with Gasteiger partial charge in [0.15, 0.2) is 5.70 Å². The van der Waals surface area contributed by atoms with E-state index in [1.54, 1.807) is 0 Å². The standard InChI is InChI=1S/C11H13Cl3N2O5S/c1-4(17)7(10(20)21-3-11(12,13)14)16-8(19)6(9(16)22)15-5(2)18/h6,9,17,22H,3H2,1-2H3,(H,15,18). The molecule has 1 heterocycles. The lowest BCUT2D eigenvalue weighted by molar-refractivity contribution is -0.152. The van der Waals surface area contributed by atoms with Gasteiger partial charge in [0.2, 0.25) is 9.70 Å². The number of aliphatic hydroxyl groups is 1. The second-order valence-electron chi connectivity index (χ2n) is 4.43. The molecule has 11 heteroatoms. The monoisotopic (exact) mass is 390 g/mol. The second-order valence-corrected chi connectivity index (χ2v) is 7.47. The minimum absolute atomic E-state index is 0.429. The fourth-order valence-corrected chi connectivity index (χ4v) is 2.30. The zero-order valence-corrected chi connectivity index (χ0v) is 14.6. The zero-order chi connectivity index (χ0) is 17.2. The van der Waals surface area contributed by atoms with Crippen LogP contribution in [-0.2, 0) is 19.1 Å². The number of thiol groups is 1. The Hall–Kier alpha value is -0.830. The number of aliphatic hydroxyl groups excluding tert-OH is 1. The van der Waals surface area contributed by atoms with Gasteiger partial charge in [-0.05, 0) is 6.92 Å². The number of amides is 2. The Labute approximate surface area is 146 Å². The van der Waals surface area contributed by atoms with E-state index in [0.29, 0.717) is 0 Å². The normalized spacial score (nSPS) is 22.6. The van der Waals surface area contributed by atoms with E-state index in [1.165, 1.54) is 13.8 Å². The van der Waals surface area contributed by atoms with Crippen LogP contribution >= 0.6 is 47.4 Å². The number of hydrogen-bond donors (Lipinski definition) is 3. The highest BCUT2D eigenvalue weighted by Gasteiger charge is 2.50. The van der Waals surface area contributed by atoms with Crippen LogP contribution in [0.4, 0.5) is 0 Å². The number of ether oxygens (including phenoxy) is 1. The van der Waals surface area contributed by atoms with Crippen molar-refractivity contribution in [2.45, 2.75) is 29.1 Å². The number of alkyl halides is 3. The number of esters is 1. The molecule has 7 nitrogen and oxygen atoms in total. The molecule has 2 amide bonds. The smallest absolute Gasteiger partial charge is 0.358 e. The number of β-lactam (4-membered cyclic amide) rings is 1. The molecule has 0 saturated carbocycles. The van der Waals surface area contributed by atoms with Gasteiger partial charge >= 0.3 is 5.97 Å². The Balaban J connectivity index is 2.87. The third-order valence-corrected chi connectivity index (χ3v) is 3.43.